The lowest BCUT2D eigenvalue weighted by Gasteiger charge is -2.38. The van der Waals surface area contributed by atoms with Crippen LogP contribution >= 0.6 is 24.0 Å². The molecule has 2 fully saturated rings. The van der Waals surface area contributed by atoms with Crippen LogP contribution in [0.15, 0.2) is 10.9 Å². The maximum atomic E-state index is 12.6. The number of hydrogen-bond donors (Lipinski definition) is 4. The number of nitrogens with two attached hydrogens (primary N) is 1. The summed E-state index contributed by atoms with van der Waals surface area (Å²) in [5.41, 5.74) is 4.93. The van der Waals surface area contributed by atoms with E-state index in [1.807, 2.05) is 0 Å². The number of nitrogen functional groups attached to an aromatic ring is 1. The molecule has 0 aliphatic carbocycles. The molecule has 0 unspecified atom stereocenters. The van der Waals surface area contributed by atoms with Crippen LogP contribution in [-0.4, -0.2) is 105 Å². The van der Waals surface area contributed by atoms with E-state index in [-0.39, 0.29) is 46.9 Å². The Labute approximate surface area is 229 Å². The number of esters is 1. The molecule has 0 radical (unpaired) electrons. The largest absolute Gasteiger partial charge is 0.464 e. The second-order valence-corrected chi connectivity index (χ2v) is 9.75. The molecule has 0 spiro atoms. The van der Waals surface area contributed by atoms with Crippen LogP contribution in [0.4, 0.5) is 5.82 Å². The Bertz CT molecular complexity index is 927. The molecule has 2 atom stereocenters. The number of methoxy groups -OCH3 is 1. The molecule has 1 aromatic heterocycles. The molecule has 0 bridgehead atoms. The predicted octanol–water partition coefficient (Wildman–Crippen LogP) is 0.860. The van der Waals surface area contributed by atoms with Gasteiger partial charge in [-0.05, 0) is 31.9 Å². The molecule has 0 saturated carbocycles. The Balaban J connectivity index is 0.00000481. The number of aromatic amines is 1. The van der Waals surface area contributed by atoms with Crippen LogP contribution in [-0.2, 0) is 14.3 Å². The lowest BCUT2D eigenvalue weighted by molar-refractivity contribution is -0.144. The predicted molar refractivity (Wildman–Crippen MR) is 146 cm³/mol. The van der Waals surface area contributed by atoms with E-state index in [2.05, 4.69) is 25.4 Å². The van der Waals surface area contributed by atoms with E-state index in [0.717, 1.165) is 65.1 Å². The number of pyridine rings is 1. The summed E-state index contributed by atoms with van der Waals surface area (Å²) in [5.74, 6) is -0.593. The van der Waals surface area contributed by atoms with E-state index < -0.39 is 11.5 Å². The highest BCUT2D eigenvalue weighted by Crippen LogP contribution is 2.17. The van der Waals surface area contributed by atoms with Crippen molar-refractivity contribution in [3.63, 3.8) is 0 Å². The summed E-state index contributed by atoms with van der Waals surface area (Å²) in [4.78, 5) is 43.7. The number of carbonyl (C=O) groups excluding carboxylic acids is 2. The number of H-pyrrole nitrogens is 1. The number of rotatable bonds is 12. The highest BCUT2D eigenvalue weighted by atomic mass is 35.5. The molecule has 2 aliphatic rings. The van der Waals surface area contributed by atoms with Crippen LogP contribution in [0.2, 0.25) is 5.02 Å². The second kappa shape index (κ2) is 16.2. The van der Waals surface area contributed by atoms with Crippen LogP contribution in [0.25, 0.3) is 0 Å². The number of unbranched alkanes of at least 4 members (excludes halogenated alkanes) is 2. The molecular formula is C24H40Cl2N6O5. The van der Waals surface area contributed by atoms with Gasteiger partial charge in [0.15, 0.2) is 0 Å². The van der Waals surface area contributed by atoms with Crippen molar-refractivity contribution >= 4 is 41.7 Å². The molecule has 3 heterocycles. The first-order valence-corrected chi connectivity index (χ1v) is 13.1. The molecule has 3 rings (SSSR count). The quantitative estimate of drug-likeness (QED) is 0.215. The van der Waals surface area contributed by atoms with Crippen molar-refractivity contribution in [2.45, 2.75) is 44.2 Å². The number of nitrogens with one attached hydrogen (secondary N) is 3. The lowest BCUT2D eigenvalue weighted by Crippen LogP contribution is -2.55. The first kappa shape index (κ1) is 31.3. The Hall–Kier alpha value is -1.89. The molecule has 210 valence electrons. The minimum atomic E-state index is -0.579. The molecular weight excluding hydrogens is 523 g/mol. The number of anilines is 1. The number of nitrogens with zero attached hydrogens (tertiary/aromatic N) is 2. The van der Waals surface area contributed by atoms with Crippen LogP contribution in [0.5, 0.6) is 0 Å². The van der Waals surface area contributed by atoms with E-state index in [0.29, 0.717) is 26.0 Å². The third-order valence-electron chi connectivity index (χ3n) is 6.76. The zero-order valence-corrected chi connectivity index (χ0v) is 23.0. The van der Waals surface area contributed by atoms with Crippen molar-refractivity contribution < 1.29 is 19.1 Å². The van der Waals surface area contributed by atoms with Gasteiger partial charge in [0.1, 0.15) is 18.0 Å². The maximum Gasteiger partial charge on any atom is 0.305 e. The summed E-state index contributed by atoms with van der Waals surface area (Å²) < 4.78 is 11.0. The van der Waals surface area contributed by atoms with E-state index in [4.69, 9.17) is 26.8 Å². The fraction of sp³-hybridized carbons (Fsp3) is 0.708. The molecule has 37 heavy (non-hydrogen) atoms. The number of ether oxygens (including phenoxy) is 2. The monoisotopic (exact) mass is 562 g/mol. The molecule has 5 N–H and O–H groups in total. The van der Waals surface area contributed by atoms with E-state index in [9.17, 15) is 14.4 Å². The highest BCUT2D eigenvalue weighted by molar-refractivity contribution is 6.33. The Morgan fingerprint density at radius 2 is 1.92 bits per heavy atom. The van der Waals surface area contributed by atoms with Gasteiger partial charge in [-0.25, -0.2) is 0 Å². The standard InChI is InChI=1S/C24H39ClN6O5.ClH/c1-35-20-16-31(9-4-2-3-5-21(32)36-14-13-30-11-7-27-8-12-30)10-6-19(20)28-23(33)17-15-18(25)22(26)29-24(17)34;/h15,19-20,27H,2-14,16H2,1H3,(H,28,33)(H3,26,29,34);1H/t19-,20+;/m1./s1. The van der Waals surface area contributed by atoms with Gasteiger partial charge in [0.25, 0.3) is 11.5 Å². The molecule has 13 heteroatoms. The minimum absolute atomic E-state index is 0. The Morgan fingerprint density at radius 1 is 1.16 bits per heavy atom. The third kappa shape index (κ3) is 10.1. The summed E-state index contributed by atoms with van der Waals surface area (Å²) in [6.07, 6.45) is 3.68. The number of piperazine rings is 1. The summed E-state index contributed by atoms with van der Waals surface area (Å²) in [6.45, 7) is 7.62. The third-order valence-corrected chi connectivity index (χ3v) is 7.08. The molecule has 2 saturated heterocycles. The van der Waals surface area contributed by atoms with Crippen LogP contribution < -0.4 is 21.9 Å². The zero-order valence-electron chi connectivity index (χ0n) is 21.4. The minimum Gasteiger partial charge on any atom is -0.464 e. The van der Waals surface area contributed by atoms with Crippen molar-refractivity contribution in [3.8, 4) is 0 Å². The first-order valence-electron chi connectivity index (χ1n) is 12.7. The van der Waals surface area contributed by atoms with Gasteiger partial charge in [-0.15, -0.1) is 12.4 Å². The number of piperidine rings is 1. The first-order chi connectivity index (χ1) is 17.4. The fourth-order valence-electron chi connectivity index (χ4n) is 4.60. The number of likely N-dealkylation sites (tertiary alicyclic amines) is 1. The molecule has 2 aliphatic heterocycles. The average Bonchev–Trinajstić information content (AvgIpc) is 2.87. The number of aromatic nitrogens is 1. The zero-order chi connectivity index (χ0) is 25.9. The van der Waals surface area contributed by atoms with E-state index in [1.165, 1.54) is 6.07 Å². The van der Waals surface area contributed by atoms with Crippen molar-refractivity contribution in [2.75, 3.05) is 71.8 Å². The van der Waals surface area contributed by atoms with Gasteiger partial charge in [0, 0.05) is 59.3 Å². The number of carbonyl (C=O) groups is 2. The molecule has 11 nitrogen and oxygen atoms in total. The summed E-state index contributed by atoms with van der Waals surface area (Å²) in [5, 5.41) is 6.34. The fourth-order valence-corrected chi connectivity index (χ4v) is 4.76. The van der Waals surface area contributed by atoms with Gasteiger partial charge in [0.2, 0.25) is 0 Å². The number of halogens is 2. The van der Waals surface area contributed by atoms with Crippen LogP contribution in [0, 0.1) is 0 Å². The topological polar surface area (TPSA) is 142 Å². The summed E-state index contributed by atoms with van der Waals surface area (Å²) in [6, 6.07) is 1.06. The summed E-state index contributed by atoms with van der Waals surface area (Å²) >= 11 is 5.95. The van der Waals surface area contributed by atoms with Gasteiger partial charge < -0.3 is 35.7 Å². The summed E-state index contributed by atoms with van der Waals surface area (Å²) in [7, 11) is 1.62. The van der Waals surface area contributed by atoms with Gasteiger partial charge in [-0.2, -0.15) is 0 Å². The van der Waals surface area contributed by atoms with Crippen molar-refractivity contribution in [1.82, 2.24) is 25.4 Å². The molecule has 1 amide bonds. The SMILES string of the molecule is CO[C@H]1CN(CCCCCC(=O)OCCN2CCNCC2)CC[C@H]1NC(=O)c1cc(Cl)c(N)[nH]c1=O.Cl. The van der Waals surface area contributed by atoms with Gasteiger partial charge in [-0.1, -0.05) is 18.0 Å². The van der Waals surface area contributed by atoms with E-state index >= 15 is 0 Å². The second-order valence-electron chi connectivity index (χ2n) is 9.34. The van der Waals surface area contributed by atoms with Crippen LogP contribution in [0.3, 0.4) is 0 Å². The Morgan fingerprint density at radius 3 is 2.65 bits per heavy atom. The van der Waals surface area contributed by atoms with Crippen molar-refractivity contribution in [2.24, 2.45) is 0 Å². The number of hydrogen-bond acceptors (Lipinski definition) is 9. The smallest absolute Gasteiger partial charge is 0.305 e. The highest BCUT2D eigenvalue weighted by Gasteiger charge is 2.31. The lowest BCUT2D eigenvalue weighted by atomic mass is 10.0. The van der Waals surface area contributed by atoms with Crippen molar-refractivity contribution in [3.05, 3.63) is 27.0 Å². The maximum absolute atomic E-state index is 12.6. The Kier molecular flexibility index (Phi) is 13.7. The van der Waals surface area contributed by atoms with Crippen molar-refractivity contribution in [1.29, 1.82) is 0 Å². The van der Waals surface area contributed by atoms with Crippen LogP contribution in [0.1, 0.15) is 42.5 Å². The van der Waals surface area contributed by atoms with Gasteiger partial charge in [0.05, 0.1) is 17.2 Å². The van der Waals surface area contributed by atoms with Gasteiger partial charge >= 0.3 is 5.97 Å². The molecule has 0 aromatic carbocycles. The average molecular weight is 564 g/mol. The van der Waals surface area contributed by atoms with E-state index in [1.54, 1.807) is 7.11 Å². The normalized spacial score (nSPS) is 20.7. The number of amides is 1. The van der Waals surface area contributed by atoms with Gasteiger partial charge in [-0.3, -0.25) is 19.3 Å². The molecule has 1 aromatic rings.